The summed E-state index contributed by atoms with van der Waals surface area (Å²) >= 11 is 0. The molecule has 3 N–H and O–H groups in total. The van der Waals surface area contributed by atoms with E-state index in [2.05, 4.69) is 20.3 Å². The number of anilines is 1. The Morgan fingerprint density at radius 2 is 1.95 bits per heavy atom. The summed E-state index contributed by atoms with van der Waals surface area (Å²) in [5.74, 6) is 0.176. The quantitative estimate of drug-likeness (QED) is 0.727. The van der Waals surface area contributed by atoms with Gasteiger partial charge < -0.3 is 10.6 Å². The summed E-state index contributed by atoms with van der Waals surface area (Å²) in [4.78, 5) is 15.5. The van der Waals surface area contributed by atoms with Crippen LogP contribution in [0.2, 0.25) is 0 Å². The SMILES string of the molecule is CNc1ccc(S(=O)(=O)NCC(=O)NC(C)(C)C)cn1. The minimum Gasteiger partial charge on any atom is -0.373 e. The van der Waals surface area contributed by atoms with Crippen LogP contribution in [0.3, 0.4) is 0 Å². The van der Waals surface area contributed by atoms with Crippen LogP contribution in [-0.2, 0) is 14.8 Å². The Hall–Kier alpha value is -1.67. The van der Waals surface area contributed by atoms with Gasteiger partial charge in [-0.1, -0.05) is 0 Å². The molecule has 0 aliphatic heterocycles. The van der Waals surface area contributed by atoms with E-state index in [0.717, 1.165) is 0 Å². The lowest BCUT2D eigenvalue weighted by Crippen LogP contribution is -2.45. The minimum atomic E-state index is -3.74. The molecule has 20 heavy (non-hydrogen) atoms. The second-order valence-corrected chi connectivity index (χ2v) is 7.02. The molecule has 1 aromatic rings. The van der Waals surface area contributed by atoms with Crippen LogP contribution in [-0.4, -0.2) is 38.4 Å². The molecule has 1 rings (SSSR count). The van der Waals surface area contributed by atoms with Crippen molar-refractivity contribution in [3.63, 3.8) is 0 Å². The highest BCUT2D eigenvalue weighted by Gasteiger charge is 2.18. The number of nitrogens with one attached hydrogen (secondary N) is 3. The van der Waals surface area contributed by atoms with Crippen molar-refractivity contribution in [3.05, 3.63) is 18.3 Å². The van der Waals surface area contributed by atoms with E-state index in [4.69, 9.17) is 0 Å². The molecular formula is C12H20N4O3S. The van der Waals surface area contributed by atoms with Gasteiger partial charge in [-0.25, -0.2) is 18.1 Å². The van der Waals surface area contributed by atoms with Crippen molar-refractivity contribution in [2.45, 2.75) is 31.2 Å². The van der Waals surface area contributed by atoms with E-state index >= 15 is 0 Å². The molecule has 0 saturated heterocycles. The first-order valence-corrected chi connectivity index (χ1v) is 7.57. The van der Waals surface area contributed by atoms with Crippen molar-refractivity contribution in [2.24, 2.45) is 0 Å². The Balaban J connectivity index is 2.68. The van der Waals surface area contributed by atoms with Crippen molar-refractivity contribution in [3.8, 4) is 0 Å². The third-order valence-corrected chi connectivity index (χ3v) is 3.63. The van der Waals surface area contributed by atoms with Crippen LogP contribution in [0.25, 0.3) is 0 Å². The average Bonchev–Trinajstić information content (AvgIpc) is 2.35. The molecule has 1 amide bonds. The van der Waals surface area contributed by atoms with Crippen LogP contribution in [0, 0.1) is 0 Å². The summed E-state index contributed by atoms with van der Waals surface area (Å²) in [5.41, 5.74) is -0.404. The Morgan fingerprint density at radius 3 is 2.40 bits per heavy atom. The lowest BCUT2D eigenvalue weighted by atomic mass is 10.1. The number of carbonyl (C=O) groups is 1. The molecular weight excluding hydrogens is 280 g/mol. The van der Waals surface area contributed by atoms with Gasteiger partial charge in [-0.2, -0.15) is 0 Å². The molecule has 1 aromatic heterocycles. The standard InChI is InChI=1S/C12H20N4O3S/c1-12(2,3)16-11(17)8-15-20(18,19)9-5-6-10(13-4)14-7-9/h5-7,15H,8H2,1-4H3,(H,13,14)(H,16,17). The van der Waals surface area contributed by atoms with Gasteiger partial charge in [0.15, 0.2) is 0 Å². The number of nitrogens with zero attached hydrogens (tertiary/aromatic N) is 1. The number of pyridine rings is 1. The van der Waals surface area contributed by atoms with Crippen LogP contribution in [0.15, 0.2) is 23.2 Å². The average molecular weight is 300 g/mol. The Labute approximate surface area is 119 Å². The van der Waals surface area contributed by atoms with Crippen molar-refractivity contribution >= 4 is 21.7 Å². The zero-order chi connectivity index (χ0) is 15.4. The first-order valence-electron chi connectivity index (χ1n) is 6.08. The fourth-order valence-corrected chi connectivity index (χ4v) is 2.32. The molecule has 0 aliphatic rings. The maximum absolute atomic E-state index is 12.0. The first-order chi connectivity index (χ1) is 9.14. The van der Waals surface area contributed by atoms with E-state index in [0.29, 0.717) is 5.82 Å². The van der Waals surface area contributed by atoms with Crippen LogP contribution in [0.4, 0.5) is 5.82 Å². The van der Waals surface area contributed by atoms with Crippen LogP contribution in [0.1, 0.15) is 20.8 Å². The summed E-state index contributed by atoms with van der Waals surface area (Å²) in [6.45, 7) is 5.15. The fraction of sp³-hybridized carbons (Fsp3) is 0.500. The lowest BCUT2D eigenvalue weighted by Gasteiger charge is -2.20. The summed E-state index contributed by atoms with van der Waals surface area (Å²) in [7, 11) is -2.05. The van der Waals surface area contributed by atoms with Crippen molar-refractivity contribution in [1.29, 1.82) is 0 Å². The summed E-state index contributed by atoms with van der Waals surface area (Å²) in [6, 6.07) is 2.96. The lowest BCUT2D eigenvalue weighted by molar-refractivity contribution is -0.121. The topological polar surface area (TPSA) is 100 Å². The molecule has 0 aromatic carbocycles. The number of aromatic nitrogens is 1. The monoisotopic (exact) mass is 300 g/mol. The van der Waals surface area contributed by atoms with Gasteiger partial charge in [0, 0.05) is 18.8 Å². The predicted molar refractivity (Wildman–Crippen MR) is 76.9 cm³/mol. The van der Waals surface area contributed by atoms with Crippen LogP contribution < -0.4 is 15.4 Å². The van der Waals surface area contributed by atoms with Gasteiger partial charge in [-0.05, 0) is 32.9 Å². The van der Waals surface area contributed by atoms with Gasteiger partial charge in [-0.3, -0.25) is 4.79 Å². The summed E-state index contributed by atoms with van der Waals surface area (Å²) in [6.07, 6.45) is 1.23. The molecule has 112 valence electrons. The molecule has 0 atom stereocenters. The maximum atomic E-state index is 12.0. The number of amides is 1. The summed E-state index contributed by atoms with van der Waals surface area (Å²) < 4.78 is 26.1. The third-order valence-electron chi connectivity index (χ3n) is 2.24. The number of hydrogen-bond donors (Lipinski definition) is 3. The van der Waals surface area contributed by atoms with E-state index in [1.807, 2.05) is 20.8 Å². The largest absolute Gasteiger partial charge is 0.373 e. The highest BCUT2D eigenvalue weighted by Crippen LogP contribution is 2.09. The fourth-order valence-electron chi connectivity index (χ4n) is 1.39. The highest BCUT2D eigenvalue weighted by molar-refractivity contribution is 7.89. The molecule has 0 unspecified atom stereocenters. The molecule has 0 aliphatic carbocycles. The predicted octanol–water partition coefficient (Wildman–Crippen LogP) is 0.316. The zero-order valence-electron chi connectivity index (χ0n) is 12.0. The molecule has 7 nitrogen and oxygen atoms in total. The number of hydrogen-bond acceptors (Lipinski definition) is 5. The Bertz CT molecular complexity index is 561. The molecule has 1 heterocycles. The van der Waals surface area contributed by atoms with Crippen LogP contribution in [0.5, 0.6) is 0 Å². The molecule has 0 spiro atoms. The van der Waals surface area contributed by atoms with E-state index in [9.17, 15) is 13.2 Å². The van der Waals surface area contributed by atoms with E-state index in [1.165, 1.54) is 12.3 Å². The van der Waals surface area contributed by atoms with Crippen molar-refractivity contribution in [1.82, 2.24) is 15.0 Å². The van der Waals surface area contributed by atoms with Crippen molar-refractivity contribution < 1.29 is 13.2 Å². The second kappa shape index (κ2) is 6.19. The maximum Gasteiger partial charge on any atom is 0.242 e. The van der Waals surface area contributed by atoms with Gasteiger partial charge in [0.2, 0.25) is 15.9 Å². The number of rotatable bonds is 5. The molecule has 0 fully saturated rings. The molecule has 0 radical (unpaired) electrons. The van der Waals surface area contributed by atoms with E-state index < -0.39 is 15.6 Å². The Kier molecular flexibility index (Phi) is 5.07. The second-order valence-electron chi connectivity index (χ2n) is 5.25. The number of sulfonamides is 1. The highest BCUT2D eigenvalue weighted by atomic mass is 32.2. The molecule has 0 saturated carbocycles. The number of carbonyl (C=O) groups excluding carboxylic acids is 1. The van der Waals surface area contributed by atoms with Gasteiger partial charge in [0.25, 0.3) is 0 Å². The van der Waals surface area contributed by atoms with E-state index in [1.54, 1.807) is 13.1 Å². The smallest absolute Gasteiger partial charge is 0.242 e. The van der Waals surface area contributed by atoms with Crippen molar-refractivity contribution in [2.75, 3.05) is 18.9 Å². The zero-order valence-corrected chi connectivity index (χ0v) is 12.8. The van der Waals surface area contributed by atoms with Gasteiger partial charge in [-0.15, -0.1) is 0 Å². The summed E-state index contributed by atoms with van der Waals surface area (Å²) in [5, 5.41) is 5.46. The minimum absolute atomic E-state index is 0.0139. The molecule has 0 bridgehead atoms. The van der Waals surface area contributed by atoms with E-state index in [-0.39, 0.29) is 17.3 Å². The van der Waals surface area contributed by atoms with Crippen LogP contribution >= 0.6 is 0 Å². The Morgan fingerprint density at radius 1 is 1.30 bits per heavy atom. The third kappa shape index (κ3) is 5.14. The molecule has 8 heteroatoms. The normalized spacial score (nSPS) is 12.0. The van der Waals surface area contributed by atoms with Gasteiger partial charge in [0.05, 0.1) is 6.54 Å². The van der Waals surface area contributed by atoms with Gasteiger partial charge >= 0.3 is 0 Å². The first kappa shape index (κ1) is 16.4. The van der Waals surface area contributed by atoms with Gasteiger partial charge in [0.1, 0.15) is 10.7 Å².